The van der Waals surface area contributed by atoms with Gasteiger partial charge in [0.1, 0.15) is 0 Å². The Balaban J connectivity index is 2.89. The van der Waals surface area contributed by atoms with Gasteiger partial charge < -0.3 is 15.4 Å². The minimum absolute atomic E-state index is 0.0980. The molecule has 4 nitrogen and oxygen atoms in total. The molecule has 2 N–H and O–H groups in total. The zero-order chi connectivity index (χ0) is 12.9. The number of hydrogen-bond donors (Lipinski definition) is 1. The fourth-order valence-electron chi connectivity index (χ4n) is 3.05. The second-order valence-electron chi connectivity index (χ2n) is 5.10. The van der Waals surface area contributed by atoms with Gasteiger partial charge in [0.05, 0.1) is 12.5 Å². The fraction of sp³-hybridized carbons (Fsp3) is 0.923. The molecule has 0 unspecified atom stereocenters. The summed E-state index contributed by atoms with van der Waals surface area (Å²) in [6, 6.07) is 0. The van der Waals surface area contributed by atoms with E-state index in [2.05, 4.69) is 4.90 Å². The van der Waals surface area contributed by atoms with E-state index in [1.54, 1.807) is 0 Å². The number of esters is 1. The molecule has 1 aliphatic rings. The van der Waals surface area contributed by atoms with E-state index < -0.39 is 0 Å². The van der Waals surface area contributed by atoms with E-state index in [-0.39, 0.29) is 17.4 Å². The minimum atomic E-state index is -0.197. The quantitative estimate of drug-likeness (QED) is 0.740. The standard InChI is InChI=1S/C13H26N2O2/c1-4-17-12(16)11(10-14)13(15(2)3)8-6-5-7-9-13/h11H,4-10,14H2,1-3H3/t11-/m1/s1. The number of nitrogens with two attached hydrogens (primary N) is 1. The average molecular weight is 242 g/mol. The summed E-state index contributed by atoms with van der Waals surface area (Å²) < 4.78 is 5.18. The summed E-state index contributed by atoms with van der Waals surface area (Å²) >= 11 is 0. The summed E-state index contributed by atoms with van der Waals surface area (Å²) in [5, 5.41) is 0. The highest BCUT2D eigenvalue weighted by Crippen LogP contribution is 2.38. The van der Waals surface area contributed by atoms with E-state index in [0.29, 0.717) is 13.2 Å². The highest BCUT2D eigenvalue weighted by molar-refractivity contribution is 5.74. The van der Waals surface area contributed by atoms with Crippen molar-refractivity contribution < 1.29 is 9.53 Å². The van der Waals surface area contributed by atoms with E-state index in [1.807, 2.05) is 21.0 Å². The molecule has 0 saturated heterocycles. The predicted octanol–water partition coefficient (Wildman–Crippen LogP) is 1.39. The van der Waals surface area contributed by atoms with Crippen LogP contribution in [0.25, 0.3) is 0 Å². The fourth-order valence-corrected chi connectivity index (χ4v) is 3.05. The smallest absolute Gasteiger partial charge is 0.312 e. The molecule has 0 bridgehead atoms. The lowest BCUT2D eigenvalue weighted by Gasteiger charge is -2.47. The topological polar surface area (TPSA) is 55.6 Å². The van der Waals surface area contributed by atoms with Gasteiger partial charge in [-0.1, -0.05) is 19.3 Å². The van der Waals surface area contributed by atoms with Crippen LogP contribution in [0.5, 0.6) is 0 Å². The Kier molecular flexibility index (Phi) is 5.40. The third-order valence-electron chi connectivity index (χ3n) is 4.07. The molecule has 100 valence electrons. The second kappa shape index (κ2) is 6.36. The first-order chi connectivity index (χ1) is 8.08. The maximum absolute atomic E-state index is 12.1. The van der Waals surface area contributed by atoms with E-state index in [1.165, 1.54) is 19.3 Å². The monoisotopic (exact) mass is 242 g/mol. The molecule has 0 heterocycles. The van der Waals surface area contributed by atoms with Crippen LogP contribution >= 0.6 is 0 Å². The first-order valence-corrected chi connectivity index (χ1v) is 6.62. The number of ether oxygens (including phenoxy) is 1. The maximum Gasteiger partial charge on any atom is 0.312 e. The normalized spacial score (nSPS) is 21.2. The number of rotatable bonds is 5. The lowest BCUT2D eigenvalue weighted by Crippen LogP contribution is -2.57. The molecular weight excluding hydrogens is 216 g/mol. The molecular formula is C13H26N2O2. The molecule has 1 saturated carbocycles. The average Bonchev–Trinajstić information content (AvgIpc) is 2.31. The highest BCUT2D eigenvalue weighted by Gasteiger charge is 2.45. The Hall–Kier alpha value is -0.610. The number of nitrogens with zero attached hydrogens (tertiary/aromatic N) is 1. The molecule has 0 aliphatic heterocycles. The van der Waals surface area contributed by atoms with Gasteiger partial charge in [0.2, 0.25) is 0 Å². The van der Waals surface area contributed by atoms with Crippen LogP contribution in [0.15, 0.2) is 0 Å². The minimum Gasteiger partial charge on any atom is -0.466 e. The Morgan fingerprint density at radius 2 is 1.94 bits per heavy atom. The van der Waals surface area contributed by atoms with Crippen LogP contribution in [-0.2, 0) is 9.53 Å². The van der Waals surface area contributed by atoms with Crippen LogP contribution in [0.1, 0.15) is 39.0 Å². The summed E-state index contributed by atoms with van der Waals surface area (Å²) in [5.41, 5.74) is 5.73. The van der Waals surface area contributed by atoms with Crippen LogP contribution < -0.4 is 5.73 Å². The highest BCUT2D eigenvalue weighted by atomic mass is 16.5. The molecule has 0 spiro atoms. The van der Waals surface area contributed by atoms with Crippen molar-refractivity contribution >= 4 is 5.97 Å². The van der Waals surface area contributed by atoms with Crippen molar-refractivity contribution in [1.82, 2.24) is 4.90 Å². The molecule has 1 fully saturated rings. The molecule has 0 aromatic heterocycles. The number of hydrogen-bond acceptors (Lipinski definition) is 4. The van der Waals surface area contributed by atoms with Crippen molar-refractivity contribution in [1.29, 1.82) is 0 Å². The zero-order valence-corrected chi connectivity index (χ0v) is 11.4. The van der Waals surface area contributed by atoms with Crippen molar-refractivity contribution in [3.05, 3.63) is 0 Å². The van der Waals surface area contributed by atoms with E-state index in [9.17, 15) is 4.79 Å². The molecule has 0 aromatic rings. The van der Waals surface area contributed by atoms with Gasteiger partial charge in [-0.05, 0) is 33.9 Å². The third kappa shape index (κ3) is 2.99. The molecule has 4 heteroatoms. The molecule has 0 radical (unpaired) electrons. The first kappa shape index (κ1) is 14.5. The van der Waals surface area contributed by atoms with Crippen LogP contribution in [0.3, 0.4) is 0 Å². The van der Waals surface area contributed by atoms with Crippen molar-refractivity contribution in [2.45, 2.75) is 44.6 Å². The van der Waals surface area contributed by atoms with Crippen LogP contribution in [-0.4, -0.2) is 43.7 Å². The van der Waals surface area contributed by atoms with E-state index in [4.69, 9.17) is 10.5 Å². The van der Waals surface area contributed by atoms with E-state index in [0.717, 1.165) is 12.8 Å². The summed E-state index contributed by atoms with van der Waals surface area (Å²) in [6.45, 7) is 2.64. The van der Waals surface area contributed by atoms with Crippen LogP contribution in [0.4, 0.5) is 0 Å². The Bertz CT molecular complexity index is 248. The Labute approximate surface area is 104 Å². The van der Waals surface area contributed by atoms with Gasteiger partial charge in [0, 0.05) is 12.1 Å². The summed E-state index contributed by atoms with van der Waals surface area (Å²) in [7, 11) is 4.10. The second-order valence-corrected chi connectivity index (χ2v) is 5.10. The summed E-state index contributed by atoms with van der Waals surface area (Å²) in [5.74, 6) is -0.330. The molecule has 1 atom stereocenters. The van der Waals surface area contributed by atoms with Crippen molar-refractivity contribution in [3.8, 4) is 0 Å². The molecule has 0 amide bonds. The van der Waals surface area contributed by atoms with Gasteiger partial charge in [-0.25, -0.2) is 0 Å². The van der Waals surface area contributed by atoms with Crippen molar-refractivity contribution in [3.63, 3.8) is 0 Å². The Morgan fingerprint density at radius 3 is 2.35 bits per heavy atom. The maximum atomic E-state index is 12.1. The predicted molar refractivity (Wildman–Crippen MR) is 68.7 cm³/mol. The van der Waals surface area contributed by atoms with Gasteiger partial charge in [-0.15, -0.1) is 0 Å². The van der Waals surface area contributed by atoms with Crippen molar-refractivity contribution in [2.75, 3.05) is 27.2 Å². The largest absolute Gasteiger partial charge is 0.466 e. The van der Waals surface area contributed by atoms with Gasteiger partial charge in [-0.2, -0.15) is 0 Å². The van der Waals surface area contributed by atoms with Gasteiger partial charge in [0.15, 0.2) is 0 Å². The zero-order valence-electron chi connectivity index (χ0n) is 11.4. The van der Waals surface area contributed by atoms with Crippen LogP contribution in [0.2, 0.25) is 0 Å². The van der Waals surface area contributed by atoms with Crippen LogP contribution in [0, 0.1) is 5.92 Å². The number of carbonyl (C=O) groups is 1. The molecule has 0 aromatic carbocycles. The van der Waals surface area contributed by atoms with Gasteiger partial charge >= 0.3 is 5.97 Å². The van der Waals surface area contributed by atoms with Gasteiger partial charge in [-0.3, -0.25) is 4.79 Å². The molecule has 17 heavy (non-hydrogen) atoms. The molecule has 1 aliphatic carbocycles. The summed E-state index contributed by atoms with van der Waals surface area (Å²) in [6.07, 6.45) is 5.69. The lowest BCUT2D eigenvalue weighted by molar-refractivity contribution is -0.154. The molecule has 1 rings (SSSR count). The van der Waals surface area contributed by atoms with Gasteiger partial charge in [0.25, 0.3) is 0 Å². The summed E-state index contributed by atoms with van der Waals surface area (Å²) in [4.78, 5) is 14.2. The lowest BCUT2D eigenvalue weighted by atomic mass is 9.71. The Morgan fingerprint density at radius 1 is 1.35 bits per heavy atom. The number of carbonyl (C=O) groups excluding carboxylic acids is 1. The first-order valence-electron chi connectivity index (χ1n) is 6.62. The third-order valence-corrected chi connectivity index (χ3v) is 4.07. The van der Waals surface area contributed by atoms with E-state index >= 15 is 0 Å². The van der Waals surface area contributed by atoms with Crippen molar-refractivity contribution in [2.24, 2.45) is 11.7 Å². The SMILES string of the molecule is CCOC(=O)[C@@H](CN)C1(N(C)C)CCCCC1.